The molecule has 1 atom stereocenters. The lowest BCUT2D eigenvalue weighted by Crippen LogP contribution is -2.34. The molecule has 0 fully saturated rings. The lowest BCUT2D eigenvalue weighted by molar-refractivity contribution is -0.139. The highest BCUT2D eigenvalue weighted by molar-refractivity contribution is 6.24. The predicted octanol–water partition coefficient (Wildman–Crippen LogP) is 3.92. The monoisotopic (exact) mass is 516 g/mol. The van der Waals surface area contributed by atoms with Crippen LogP contribution in [-0.2, 0) is 25.5 Å². The lowest BCUT2D eigenvalue weighted by atomic mass is 9.90. The van der Waals surface area contributed by atoms with Crippen LogP contribution in [0.4, 0.5) is 21.5 Å². The number of hydrogen-bond donors (Lipinski definition) is 1. The number of esters is 1. The van der Waals surface area contributed by atoms with Crippen LogP contribution in [0.1, 0.15) is 22.6 Å². The molecule has 9 heteroatoms. The van der Waals surface area contributed by atoms with Crippen LogP contribution >= 0.6 is 0 Å². The molecule has 0 aromatic heterocycles. The van der Waals surface area contributed by atoms with Crippen LogP contribution in [0.5, 0.6) is 0 Å². The van der Waals surface area contributed by atoms with Gasteiger partial charge in [-0.25, -0.2) is 4.39 Å². The van der Waals surface area contributed by atoms with Gasteiger partial charge in [-0.15, -0.1) is 0 Å². The molecule has 8 nitrogen and oxygen atoms in total. The number of amides is 2. The van der Waals surface area contributed by atoms with E-state index in [1.807, 2.05) is 14.1 Å². The van der Waals surface area contributed by atoms with Gasteiger partial charge in [-0.2, -0.15) is 0 Å². The minimum Gasteiger partial charge on any atom is -0.469 e. The average molecular weight is 517 g/mol. The highest BCUT2D eigenvalue weighted by Gasteiger charge is 2.35. The highest BCUT2D eigenvalue weighted by Crippen LogP contribution is 2.37. The van der Waals surface area contributed by atoms with Crippen molar-refractivity contribution in [2.45, 2.75) is 12.3 Å². The molecule has 0 aliphatic carbocycles. The van der Waals surface area contributed by atoms with Crippen LogP contribution in [0.25, 0.3) is 0 Å². The number of carbonyl (C=O) groups excluding carboxylic acids is 3. The third-order valence-corrected chi connectivity index (χ3v) is 6.26. The van der Waals surface area contributed by atoms with Crippen LogP contribution in [0, 0.1) is 5.82 Å². The maximum absolute atomic E-state index is 13.8. The maximum Gasteiger partial charge on any atom is 0.309 e. The Labute approximate surface area is 220 Å². The molecule has 3 aromatic rings. The Kier molecular flexibility index (Phi) is 7.97. The second-order valence-electron chi connectivity index (χ2n) is 9.31. The summed E-state index contributed by atoms with van der Waals surface area (Å²) in [7, 11) is 6.71. The van der Waals surface area contributed by atoms with Crippen molar-refractivity contribution in [3.05, 3.63) is 89.2 Å². The van der Waals surface area contributed by atoms with Gasteiger partial charge in [0.15, 0.2) is 0 Å². The van der Waals surface area contributed by atoms with Gasteiger partial charge in [0.05, 0.1) is 31.5 Å². The van der Waals surface area contributed by atoms with Crippen LogP contribution in [0.15, 0.2) is 71.7 Å². The van der Waals surface area contributed by atoms with Gasteiger partial charge >= 0.3 is 5.97 Å². The fourth-order valence-corrected chi connectivity index (χ4v) is 4.24. The van der Waals surface area contributed by atoms with E-state index in [0.29, 0.717) is 33.9 Å². The molecule has 4 rings (SSSR count). The Morgan fingerprint density at radius 2 is 1.68 bits per heavy atom. The first kappa shape index (κ1) is 26.7. The van der Waals surface area contributed by atoms with E-state index in [1.54, 1.807) is 71.4 Å². The van der Waals surface area contributed by atoms with Crippen molar-refractivity contribution in [3.8, 4) is 0 Å². The number of rotatable bonds is 8. The van der Waals surface area contributed by atoms with Gasteiger partial charge in [-0.05, 0) is 67.2 Å². The fourth-order valence-electron chi connectivity index (χ4n) is 4.24. The molecule has 1 aliphatic heterocycles. The normalized spacial score (nSPS) is 14.7. The zero-order valence-electron chi connectivity index (χ0n) is 21.7. The number of carbonyl (C=O) groups is 3. The summed E-state index contributed by atoms with van der Waals surface area (Å²) in [5.41, 5.74) is 4.24. The summed E-state index contributed by atoms with van der Waals surface area (Å²) in [6, 6.07) is 18.5. The molecule has 1 unspecified atom stereocenters. The van der Waals surface area contributed by atoms with Gasteiger partial charge in [0.1, 0.15) is 11.7 Å². The molecule has 0 spiro atoms. The van der Waals surface area contributed by atoms with Crippen molar-refractivity contribution in [2.75, 3.05) is 45.0 Å². The first-order chi connectivity index (χ1) is 18.2. The second kappa shape index (κ2) is 11.4. The summed E-state index contributed by atoms with van der Waals surface area (Å²) in [6.07, 6.45) is 0.122. The van der Waals surface area contributed by atoms with Crippen molar-refractivity contribution in [1.29, 1.82) is 0 Å². The molecular formula is C29H29FN4O4. The molecule has 0 saturated heterocycles. The molecular weight excluding hydrogens is 487 g/mol. The molecule has 0 radical (unpaired) electrons. The van der Waals surface area contributed by atoms with Gasteiger partial charge in [0, 0.05) is 18.4 Å². The van der Waals surface area contributed by atoms with Crippen LogP contribution < -0.4 is 10.2 Å². The van der Waals surface area contributed by atoms with E-state index in [-0.39, 0.29) is 30.7 Å². The molecule has 2 amide bonds. The number of halogens is 1. The second-order valence-corrected chi connectivity index (χ2v) is 9.31. The van der Waals surface area contributed by atoms with Crippen LogP contribution in [0.2, 0.25) is 0 Å². The largest absolute Gasteiger partial charge is 0.469 e. The fraction of sp³-hybridized carbons (Fsp3) is 0.241. The molecule has 1 aliphatic rings. The van der Waals surface area contributed by atoms with Gasteiger partial charge in [0.25, 0.3) is 0 Å². The van der Waals surface area contributed by atoms with Crippen molar-refractivity contribution < 1.29 is 23.5 Å². The van der Waals surface area contributed by atoms with E-state index in [4.69, 9.17) is 9.73 Å². The quantitative estimate of drug-likeness (QED) is 0.362. The highest BCUT2D eigenvalue weighted by atomic mass is 19.1. The zero-order chi connectivity index (χ0) is 27.4. The summed E-state index contributed by atoms with van der Waals surface area (Å²) >= 11 is 0. The van der Waals surface area contributed by atoms with Crippen LogP contribution in [-0.4, -0.2) is 63.2 Å². The Bertz CT molecular complexity index is 1380. The smallest absolute Gasteiger partial charge is 0.309 e. The minimum absolute atomic E-state index is 0.0505. The van der Waals surface area contributed by atoms with Crippen molar-refractivity contribution in [2.24, 2.45) is 4.99 Å². The summed E-state index contributed by atoms with van der Waals surface area (Å²) in [6.45, 7) is 0.281. The van der Waals surface area contributed by atoms with Crippen molar-refractivity contribution in [3.63, 3.8) is 0 Å². The SMILES string of the molecule is COC(=O)Cc1ccc(C(=Nc2ccc(N(C)C(=O)CN(C)C)cc2)C2C(=O)Nc3cc(F)ccc32)cc1. The maximum atomic E-state index is 13.8. The topological polar surface area (TPSA) is 91.3 Å². The number of nitrogens with one attached hydrogen (secondary N) is 1. The third-order valence-electron chi connectivity index (χ3n) is 6.26. The summed E-state index contributed by atoms with van der Waals surface area (Å²) in [4.78, 5) is 45.4. The number of ether oxygens (including phenoxy) is 1. The van der Waals surface area contributed by atoms with E-state index >= 15 is 0 Å². The van der Waals surface area contributed by atoms with E-state index in [9.17, 15) is 18.8 Å². The molecule has 38 heavy (non-hydrogen) atoms. The lowest BCUT2D eigenvalue weighted by Gasteiger charge is -2.20. The standard InChI is InChI=1S/C29H29FN4O4/c1-33(2)17-25(35)34(3)22-12-10-21(11-13-22)31-28(19-7-5-18(6-8-19)15-26(36)38-4)27-23-14-9-20(30)16-24(23)32-29(27)37/h5-14,16,27H,15,17H2,1-4H3,(H,32,37). The Morgan fingerprint density at radius 1 is 1.00 bits per heavy atom. The molecule has 0 bridgehead atoms. The number of likely N-dealkylation sites (N-methyl/N-ethyl adjacent to an activating group) is 2. The van der Waals surface area contributed by atoms with Gasteiger partial charge in [-0.3, -0.25) is 19.4 Å². The predicted molar refractivity (Wildman–Crippen MR) is 145 cm³/mol. The first-order valence-corrected chi connectivity index (χ1v) is 12.0. The summed E-state index contributed by atoms with van der Waals surface area (Å²) < 4.78 is 18.6. The van der Waals surface area contributed by atoms with Crippen molar-refractivity contribution in [1.82, 2.24) is 4.90 Å². The number of anilines is 2. The summed E-state index contributed by atoms with van der Waals surface area (Å²) in [5.74, 6) is -1.93. The van der Waals surface area contributed by atoms with Crippen molar-refractivity contribution >= 4 is 40.6 Å². The van der Waals surface area contributed by atoms with E-state index < -0.39 is 11.7 Å². The number of methoxy groups -OCH3 is 1. The molecule has 1 heterocycles. The number of fused-ring (bicyclic) bond motifs is 1. The van der Waals surface area contributed by atoms with E-state index in [1.165, 1.54) is 19.2 Å². The number of aliphatic imine (C=N–C) groups is 1. The van der Waals surface area contributed by atoms with E-state index in [2.05, 4.69) is 5.32 Å². The van der Waals surface area contributed by atoms with E-state index in [0.717, 1.165) is 5.56 Å². The summed E-state index contributed by atoms with van der Waals surface area (Å²) in [5, 5.41) is 2.75. The van der Waals surface area contributed by atoms with Gasteiger partial charge in [-0.1, -0.05) is 30.3 Å². The molecule has 196 valence electrons. The number of benzene rings is 3. The van der Waals surface area contributed by atoms with Crippen LogP contribution in [0.3, 0.4) is 0 Å². The Morgan fingerprint density at radius 3 is 2.32 bits per heavy atom. The zero-order valence-corrected chi connectivity index (χ0v) is 21.7. The number of hydrogen-bond acceptors (Lipinski definition) is 6. The van der Waals surface area contributed by atoms with Gasteiger partial charge < -0.3 is 19.9 Å². The third kappa shape index (κ3) is 5.95. The number of nitrogens with zero attached hydrogens (tertiary/aromatic N) is 3. The minimum atomic E-state index is -0.763. The molecule has 0 saturated carbocycles. The average Bonchev–Trinajstić information content (AvgIpc) is 3.21. The Hall–Kier alpha value is -4.37. The Balaban J connectivity index is 1.72. The first-order valence-electron chi connectivity index (χ1n) is 12.0. The van der Waals surface area contributed by atoms with Gasteiger partial charge in [0.2, 0.25) is 11.8 Å². The molecule has 3 aromatic carbocycles. The molecule has 1 N–H and O–H groups in total.